The number of benzene rings is 1. The van der Waals surface area contributed by atoms with Crippen molar-refractivity contribution in [3.63, 3.8) is 0 Å². The normalized spacial score (nSPS) is 11.2. The zero-order valence-electron chi connectivity index (χ0n) is 9.35. The van der Waals surface area contributed by atoms with Gasteiger partial charge in [0.15, 0.2) is 0 Å². The van der Waals surface area contributed by atoms with Crippen molar-refractivity contribution in [3.05, 3.63) is 48.1 Å². The third-order valence-electron chi connectivity index (χ3n) is 2.77. The Balaban J connectivity index is 2.11. The van der Waals surface area contributed by atoms with Gasteiger partial charge in [-0.05, 0) is 30.7 Å². The van der Waals surface area contributed by atoms with Crippen molar-refractivity contribution in [2.45, 2.75) is 13.3 Å². The summed E-state index contributed by atoms with van der Waals surface area (Å²) in [5.74, 6) is -0.245. The van der Waals surface area contributed by atoms with E-state index in [-0.39, 0.29) is 5.82 Å². The predicted octanol–water partition coefficient (Wildman–Crippen LogP) is 3.30. The molecule has 0 saturated heterocycles. The van der Waals surface area contributed by atoms with Crippen LogP contribution in [0.15, 0.2) is 41.0 Å². The first kappa shape index (κ1) is 10.1. The van der Waals surface area contributed by atoms with Gasteiger partial charge in [0.2, 0.25) is 5.71 Å². The molecule has 0 amide bonds. The van der Waals surface area contributed by atoms with Crippen molar-refractivity contribution in [1.82, 2.24) is 9.61 Å². The average Bonchev–Trinajstić information content (AvgIpc) is 2.89. The quantitative estimate of drug-likeness (QED) is 0.676. The minimum Gasteiger partial charge on any atom is -0.445 e. The van der Waals surface area contributed by atoms with E-state index in [0.717, 1.165) is 23.4 Å². The van der Waals surface area contributed by atoms with Gasteiger partial charge in [0.25, 0.3) is 0 Å². The lowest BCUT2D eigenvalue weighted by molar-refractivity contribution is 0.605. The second-order valence-electron chi connectivity index (χ2n) is 3.87. The lowest BCUT2D eigenvalue weighted by Gasteiger charge is -1.95. The molecule has 3 aromatic rings. The van der Waals surface area contributed by atoms with E-state index in [1.54, 1.807) is 22.9 Å². The monoisotopic (exact) mass is 230 g/mol. The van der Waals surface area contributed by atoms with Gasteiger partial charge in [0, 0.05) is 11.6 Å². The van der Waals surface area contributed by atoms with Crippen LogP contribution in [0.4, 0.5) is 4.39 Å². The Morgan fingerprint density at radius 1 is 1.29 bits per heavy atom. The summed E-state index contributed by atoms with van der Waals surface area (Å²) in [6.07, 6.45) is 2.56. The van der Waals surface area contributed by atoms with E-state index in [9.17, 15) is 4.39 Å². The predicted molar refractivity (Wildman–Crippen MR) is 62.2 cm³/mol. The van der Waals surface area contributed by atoms with Crippen molar-refractivity contribution in [2.75, 3.05) is 0 Å². The van der Waals surface area contributed by atoms with Gasteiger partial charge in [-0.3, -0.25) is 0 Å². The van der Waals surface area contributed by atoms with Gasteiger partial charge in [0.1, 0.15) is 12.1 Å². The zero-order chi connectivity index (χ0) is 11.8. The smallest absolute Gasteiger partial charge is 0.222 e. The Bertz CT molecular complexity index is 652. The standard InChI is InChI=1S/C13H11FN2O/c1-2-11-8-17-13-7-12(15-16(11)13)9-3-5-10(14)6-4-9/h3-8H,2H2,1H3. The summed E-state index contributed by atoms with van der Waals surface area (Å²) in [6.45, 7) is 2.05. The highest BCUT2D eigenvalue weighted by Gasteiger charge is 2.09. The van der Waals surface area contributed by atoms with Crippen LogP contribution >= 0.6 is 0 Å². The molecular weight excluding hydrogens is 219 g/mol. The van der Waals surface area contributed by atoms with Crippen molar-refractivity contribution in [3.8, 4) is 11.3 Å². The van der Waals surface area contributed by atoms with Crippen molar-refractivity contribution in [1.29, 1.82) is 0 Å². The molecule has 3 nitrogen and oxygen atoms in total. The highest BCUT2D eigenvalue weighted by Crippen LogP contribution is 2.21. The molecule has 0 aliphatic heterocycles. The SMILES string of the molecule is CCc1coc2cc(-c3ccc(F)cc3)nn12. The summed E-state index contributed by atoms with van der Waals surface area (Å²) in [6, 6.07) is 8.13. The third-order valence-corrected chi connectivity index (χ3v) is 2.77. The number of hydrogen-bond donors (Lipinski definition) is 0. The molecule has 0 radical (unpaired) electrons. The fourth-order valence-corrected chi connectivity index (χ4v) is 1.83. The summed E-state index contributed by atoms with van der Waals surface area (Å²) < 4.78 is 20.0. The summed E-state index contributed by atoms with van der Waals surface area (Å²) in [5.41, 5.74) is 3.40. The molecule has 0 fully saturated rings. The molecule has 3 rings (SSSR count). The number of hydrogen-bond acceptors (Lipinski definition) is 2. The number of halogens is 1. The van der Waals surface area contributed by atoms with Crippen LogP contribution < -0.4 is 0 Å². The molecule has 0 aliphatic rings. The fourth-order valence-electron chi connectivity index (χ4n) is 1.83. The molecule has 2 aromatic heterocycles. The summed E-state index contributed by atoms with van der Waals surface area (Å²) >= 11 is 0. The van der Waals surface area contributed by atoms with Crippen molar-refractivity contribution >= 4 is 5.71 Å². The maximum absolute atomic E-state index is 12.8. The molecule has 0 N–H and O–H groups in total. The topological polar surface area (TPSA) is 30.4 Å². The summed E-state index contributed by atoms with van der Waals surface area (Å²) in [5, 5.41) is 4.44. The first-order valence-corrected chi connectivity index (χ1v) is 5.50. The van der Waals surface area contributed by atoms with Crippen LogP contribution in [0.5, 0.6) is 0 Å². The van der Waals surface area contributed by atoms with Gasteiger partial charge in [-0.1, -0.05) is 6.92 Å². The number of aromatic nitrogens is 2. The van der Waals surface area contributed by atoms with Gasteiger partial charge >= 0.3 is 0 Å². The maximum Gasteiger partial charge on any atom is 0.222 e. The minimum atomic E-state index is -0.245. The van der Waals surface area contributed by atoms with E-state index in [1.165, 1.54) is 12.1 Å². The zero-order valence-corrected chi connectivity index (χ0v) is 9.35. The molecule has 1 aromatic carbocycles. The third kappa shape index (κ3) is 1.62. The molecule has 0 aliphatic carbocycles. The van der Waals surface area contributed by atoms with Gasteiger partial charge in [-0.25, -0.2) is 8.91 Å². The van der Waals surface area contributed by atoms with E-state index in [4.69, 9.17) is 4.42 Å². The van der Waals surface area contributed by atoms with Crippen molar-refractivity contribution < 1.29 is 8.81 Å². The van der Waals surface area contributed by atoms with Crippen LogP contribution in [0, 0.1) is 5.82 Å². The van der Waals surface area contributed by atoms with Crippen molar-refractivity contribution in [2.24, 2.45) is 0 Å². The van der Waals surface area contributed by atoms with Crippen LogP contribution in [-0.4, -0.2) is 9.61 Å². The van der Waals surface area contributed by atoms with Crippen LogP contribution in [-0.2, 0) is 6.42 Å². The average molecular weight is 230 g/mol. The molecule has 17 heavy (non-hydrogen) atoms. The molecule has 4 heteroatoms. The first-order chi connectivity index (χ1) is 8.28. The summed E-state index contributed by atoms with van der Waals surface area (Å²) in [7, 11) is 0. The fraction of sp³-hybridized carbons (Fsp3) is 0.154. The molecule has 0 saturated carbocycles. The van der Waals surface area contributed by atoms with Crippen LogP contribution in [0.1, 0.15) is 12.6 Å². The Hall–Kier alpha value is -2.10. The van der Waals surface area contributed by atoms with Gasteiger partial charge < -0.3 is 4.42 Å². The molecule has 2 heterocycles. The number of rotatable bonds is 2. The Kier molecular flexibility index (Phi) is 2.21. The minimum absolute atomic E-state index is 0.245. The number of oxazole rings is 1. The molecule has 0 atom stereocenters. The second kappa shape index (κ2) is 3.73. The highest BCUT2D eigenvalue weighted by atomic mass is 19.1. The largest absolute Gasteiger partial charge is 0.445 e. The highest BCUT2D eigenvalue weighted by molar-refractivity contribution is 5.63. The van der Waals surface area contributed by atoms with E-state index >= 15 is 0 Å². The molecule has 0 bridgehead atoms. The number of aryl methyl sites for hydroxylation is 1. The lowest BCUT2D eigenvalue weighted by Crippen LogP contribution is -1.91. The number of fused-ring (bicyclic) bond motifs is 1. The second-order valence-corrected chi connectivity index (χ2v) is 3.87. The first-order valence-electron chi connectivity index (χ1n) is 5.50. The van der Waals surface area contributed by atoms with E-state index < -0.39 is 0 Å². The van der Waals surface area contributed by atoms with Crippen LogP contribution in [0.25, 0.3) is 17.0 Å². The Morgan fingerprint density at radius 3 is 2.76 bits per heavy atom. The van der Waals surface area contributed by atoms with E-state index in [1.807, 2.05) is 13.0 Å². The Morgan fingerprint density at radius 2 is 2.06 bits per heavy atom. The van der Waals surface area contributed by atoms with Gasteiger partial charge in [0.05, 0.1) is 11.4 Å². The van der Waals surface area contributed by atoms with Gasteiger partial charge in [-0.2, -0.15) is 5.10 Å². The van der Waals surface area contributed by atoms with Gasteiger partial charge in [-0.15, -0.1) is 0 Å². The summed E-state index contributed by atoms with van der Waals surface area (Å²) in [4.78, 5) is 0. The molecule has 0 spiro atoms. The van der Waals surface area contributed by atoms with Crippen LogP contribution in [0.3, 0.4) is 0 Å². The molecule has 0 unspecified atom stereocenters. The maximum atomic E-state index is 12.8. The number of nitrogens with zero attached hydrogens (tertiary/aromatic N) is 2. The van der Waals surface area contributed by atoms with Crippen LogP contribution in [0.2, 0.25) is 0 Å². The van der Waals surface area contributed by atoms with E-state index in [0.29, 0.717) is 5.71 Å². The molecular formula is C13H11FN2O. The lowest BCUT2D eigenvalue weighted by atomic mass is 10.1. The molecule has 86 valence electrons. The van der Waals surface area contributed by atoms with E-state index in [2.05, 4.69) is 5.10 Å². The Labute approximate surface area is 97.5 Å².